The molecule has 2 heteroatoms. The Labute approximate surface area is 128 Å². The largest absolute Gasteiger partial charge is 0.396 e. The van der Waals surface area contributed by atoms with E-state index < -0.39 is 0 Å². The highest BCUT2D eigenvalue weighted by atomic mass is 79.9. The van der Waals surface area contributed by atoms with Gasteiger partial charge in [-0.2, -0.15) is 0 Å². The lowest BCUT2D eigenvalue weighted by molar-refractivity contribution is 0.207. The van der Waals surface area contributed by atoms with Crippen molar-refractivity contribution >= 4 is 15.9 Å². The van der Waals surface area contributed by atoms with Crippen molar-refractivity contribution in [1.29, 1.82) is 0 Å². The molecule has 1 saturated carbocycles. The highest BCUT2D eigenvalue weighted by Gasteiger charge is 2.43. The summed E-state index contributed by atoms with van der Waals surface area (Å²) in [4.78, 5) is 0. The maximum absolute atomic E-state index is 9.74. The Balaban J connectivity index is 1.69. The highest BCUT2D eigenvalue weighted by Crippen LogP contribution is 2.52. The Kier molecular flexibility index (Phi) is 4.23. The van der Waals surface area contributed by atoms with Crippen LogP contribution >= 0.6 is 15.9 Å². The second kappa shape index (κ2) is 6.11. The first-order chi connectivity index (χ1) is 9.79. The maximum atomic E-state index is 9.74. The summed E-state index contributed by atoms with van der Waals surface area (Å²) in [5.41, 5.74) is 2.72. The van der Waals surface area contributed by atoms with Gasteiger partial charge in [-0.3, -0.25) is 0 Å². The molecule has 3 atom stereocenters. The van der Waals surface area contributed by atoms with Gasteiger partial charge in [0, 0.05) is 11.1 Å². The fourth-order valence-electron chi connectivity index (χ4n) is 3.12. The van der Waals surface area contributed by atoms with Gasteiger partial charge in [0.15, 0.2) is 0 Å². The summed E-state index contributed by atoms with van der Waals surface area (Å²) in [5.74, 6) is 1.62. The van der Waals surface area contributed by atoms with E-state index in [2.05, 4.69) is 64.5 Å². The molecular formula is C18H19BrO. The van der Waals surface area contributed by atoms with E-state index in [4.69, 9.17) is 0 Å². The monoisotopic (exact) mass is 330 g/mol. The minimum Gasteiger partial charge on any atom is -0.396 e. The lowest BCUT2D eigenvalue weighted by atomic mass is 9.93. The first-order valence-corrected chi connectivity index (χ1v) is 7.98. The molecule has 0 amide bonds. The van der Waals surface area contributed by atoms with Crippen molar-refractivity contribution in [2.45, 2.75) is 18.8 Å². The zero-order chi connectivity index (χ0) is 13.9. The molecule has 104 valence electrons. The average molecular weight is 331 g/mol. The van der Waals surface area contributed by atoms with Gasteiger partial charge in [0.05, 0.1) is 0 Å². The second-order valence-electron chi connectivity index (χ2n) is 5.65. The number of hydrogen-bond donors (Lipinski definition) is 1. The van der Waals surface area contributed by atoms with Crippen LogP contribution in [0.3, 0.4) is 0 Å². The molecule has 0 bridgehead atoms. The molecule has 20 heavy (non-hydrogen) atoms. The molecule has 1 nitrogen and oxygen atoms in total. The molecule has 0 aliphatic heterocycles. The number of aliphatic hydroxyl groups excluding tert-OH is 1. The summed E-state index contributed by atoms with van der Waals surface area (Å²) in [6.07, 6.45) is 2.16. The van der Waals surface area contributed by atoms with Crippen molar-refractivity contribution < 1.29 is 5.11 Å². The van der Waals surface area contributed by atoms with E-state index in [-0.39, 0.29) is 6.61 Å². The molecule has 0 radical (unpaired) electrons. The van der Waals surface area contributed by atoms with Crippen molar-refractivity contribution in [3.05, 3.63) is 70.2 Å². The molecule has 3 rings (SSSR count). The van der Waals surface area contributed by atoms with E-state index in [9.17, 15) is 5.11 Å². The third kappa shape index (κ3) is 2.97. The van der Waals surface area contributed by atoms with Gasteiger partial charge in [-0.1, -0.05) is 64.5 Å². The average Bonchev–Trinajstić information content (AvgIpc) is 3.28. The Morgan fingerprint density at radius 2 is 1.75 bits per heavy atom. The third-order valence-electron chi connectivity index (χ3n) is 4.35. The smallest absolute Gasteiger partial charge is 0.0465 e. The summed E-state index contributed by atoms with van der Waals surface area (Å²) >= 11 is 3.60. The van der Waals surface area contributed by atoms with E-state index >= 15 is 0 Å². The summed E-state index contributed by atoms with van der Waals surface area (Å²) in [6, 6.07) is 19.0. The van der Waals surface area contributed by atoms with Gasteiger partial charge in [0.25, 0.3) is 0 Å². The summed E-state index contributed by atoms with van der Waals surface area (Å²) < 4.78 is 1.15. The van der Waals surface area contributed by atoms with E-state index in [0.717, 1.165) is 10.9 Å². The molecule has 2 aromatic rings. The van der Waals surface area contributed by atoms with Crippen LogP contribution in [-0.2, 0) is 6.42 Å². The quantitative estimate of drug-likeness (QED) is 0.861. The molecule has 1 aliphatic carbocycles. The van der Waals surface area contributed by atoms with Crippen molar-refractivity contribution in [2.24, 2.45) is 11.8 Å². The van der Waals surface area contributed by atoms with Crippen LogP contribution in [0.15, 0.2) is 59.1 Å². The van der Waals surface area contributed by atoms with Crippen LogP contribution in [0, 0.1) is 11.8 Å². The summed E-state index contributed by atoms with van der Waals surface area (Å²) in [7, 11) is 0. The Morgan fingerprint density at radius 1 is 1.05 bits per heavy atom. The Bertz CT molecular complexity index is 567. The van der Waals surface area contributed by atoms with Gasteiger partial charge in [0.1, 0.15) is 0 Å². The molecule has 2 aromatic carbocycles. The standard InChI is InChI=1S/C18H19BrO/c19-18-9-5-4-8-14(18)10-15(12-20)17-11-16(17)13-6-2-1-3-7-13/h1-9,15-17,20H,10-12H2. The Morgan fingerprint density at radius 3 is 2.45 bits per heavy atom. The minimum atomic E-state index is 0.273. The van der Waals surface area contributed by atoms with Crippen LogP contribution in [0.4, 0.5) is 0 Å². The topological polar surface area (TPSA) is 20.2 Å². The lowest BCUT2D eigenvalue weighted by Crippen LogP contribution is -2.13. The zero-order valence-electron chi connectivity index (χ0n) is 11.4. The number of aliphatic hydroxyl groups is 1. The maximum Gasteiger partial charge on any atom is 0.0465 e. The number of halogens is 1. The van der Waals surface area contributed by atoms with Crippen molar-refractivity contribution in [3.8, 4) is 0 Å². The normalized spacial score (nSPS) is 22.5. The molecule has 3 unspecified atom stereocenters. The number of hydrogen-bond acceptors (Lipinski definition) is 1. The van der Waals surface area contributed by atoms with E-state index in [1.165, 1.54) is 17.5 Å². The number of rotatable bonds is 5. The van der Waals surface area contributed by atoms with Crippen LogP contribution in [0.1, 0.15) is 23.5 Å². The molecule has 1 fully saturated rings. The Hall–Kier alpha value is -1.12. The second-order valence-corrected chi connectivity index (χ2v) is 6.51. The lowest BCUT2D eigenvalue weighted by Gasteiger charge is -2.15. The van der Waals surface area contributed by atoms with Crippen LogP contribution < -0.4 is 0 Å². The molecule has 1 aliphatic rings. The van der Waals surface area contributed by atoms with Crippen LogP contribution in [-0.4, -0.2) is 11.7 Å². The van der Waals surface area contributed by atoms with Gasteiger partial charge in [-0.15, -0.1) is 0 Å². The zero-order valence-corrected chi connectivity index (χ0v) is 13.0. The van der Waals surface area contributed by atoms with Gasteiger partial charge in [-0.05, 0) is 47.8 Å². The fraction of sp³-hybridized carbons (Fsp3) is 0.333. The summed E-state index contributed by atoms with van der Waals surface area (Å²) in [5, 5.41) is 9.74. The molecule has 1 N–H and O–H groups in total. The number of benzene rings is 2. The molecular weight excluding hydrogens is 312 g/mol. The molecule has 0 heterocycles. The molecule has 0 spiro atoms. The van der Waals surface area contributed by atoms with Gasteiger partial charge in [0.2, 0.25) is 0 Å². The van der Waals surface area contributed by atoms with Crippen LogP contribution in [0.5, 0.6) is 0 Å². The van der Waals surface area contributed by atoms with Crippen LogP contribution in [0.25, 0.3) is 0 Å². The van der Waals surface area contributed by atoms with Gasteiger partial charge in [-0.25, -0.2) is 0 Å². The van der Waals surface area contributed by atoms with Crippen molar-refractivity contribution in [3.63, 3.8) is 0 Å². The van der Waals surface area contributed by atoms with Crippen molar-refractivity contribution in [2.75, 3.05) is 6.61 Å². The molecule has 0 aromatic heterocycles. The predicted octanol–water partition coefficient (Wildman–Crippen LogP) is 4.40. The van der Waals surface area contributed by atoms with E-state index in [1.54, 1.807) is 0 Å². The minimum absolute atomic E-state index is 0.273. The van der Waals surface area contributed by atoms with Gasteiger partial charge >= 0.3 is 0 Å². The third-order valence-corrected chi connectivity index (χ3v) is 5.12. The first-order valence-electron chi connectivity index (χ1n) is 7.19. The summed E-state index contributed by atoms with van der Waals surface area (Å²) in [6.45, 7) is 0.273. The highest BCUT2D eigenvalue weighted by molar-refractivity contribution is 9.10. The van der Waals surface area contributed by atoms with E-state index in [1.807, 2.05) is 6.07 Å². The first kappa shape index (κ1) is 13.8. The van der Waals surface area contributed by atoms with Crippen molar-refractivity contribution in [1.82, 2.24) is 0 Å². The van der Waals surface area contributed by atoms with E-state index in [0.29, 0.717) is 17.8 Å². The molecule has 0 saturated heterocycles. The fourth-order valence-corrected chi connectivity index (χ4v) is 3.56. The van der Waals surface area contributed by atoms with Gasteiger partial charge < -0.3 is 5.11 Å². The van der Waals surface area contributed by atoms with Crippen LogP contribution in [0.2, 0.25) is 0 Å². The predicted molar refractivity (Wildman–Crippen MR) is 85.7 cm³/mol. The SMILES string of the molecule is OCC(Cc1ccccc1Br)C1CC1c1ccccc1.